The average molecular weight is 585 g/mol. The van der Waals surface area contributed by atoms with Gasteiger partial charge in [0.15, 0.2) is 0 Å². The summed E-state index contributed by atoms with van der Waals surface area (Å²) in [6.45, 7) is 9.43. The molecule has 0 atom stereocenters. The number of piperazine rings is 1. The number of likely N-dealkylation sites (tertiary alicyclic amines) is 1. The Balaban J connectivity index is 1.35. The van der Waals surface area contributed by atoms with Crippen LogP contribution in [0, 0.1) is 0 Å². The molecule has 2 aliphatic heterocycles. The molecule has 1 aromatic heterocycles. The Kier molecular flexibility index (Phi) is 8.29. The highest BCUT2D eigenvalue weighted by molar-refractivity contribution is 6.30. The number of hydrogen-bond acceptors (Lipinski definition) is 5. The van der Waals surface area contributed by atoms with E-state index in [1.807, 2.05) is 78.9 Å². The van der Waals surface area contributed by atoms with Gasteiger partial charge in [0, 0.05) is 60.9 Å². The summed E-state index contributed by atoms with van der Waals surface area (Å²) >= 11 is 12.2. The maximum Gasteiger partial charge on any atom is 0.410 e. The fourth-order valence-electron chi connectivity index (χ4n) is 5.36. The molecule has 8 nitrogen and oxygen atoms in total. The van der Waals surface area contributed by atoms with Crippen LogP contribution in [0.4, 0.5) is 10.5 Å². The smallest absolute Gasteiger partial charge is 0.410 e. The number of carbonyl (C=O) groups excluding carboxylic acids is 2. The topological polar surface area (TPSA) is 70.9 Å². The van der Waals surface area contributed by atoms with Gasteiger partial charge in [-0.25, -0.2) is 9.48 Å². The molecule has 2 amide bonds. The van der Waals surface area contributed by atoms with Crippen molar-refractivity contribution in [1.29, 1.82) is 0 Å². The molecule has 0 N–H and O–H groups in total. The van der Waals surface area contributed by atoms with E-state index in [-0.39, 0.29) is 17.9 Å². The molecule has 3 heterocycles. The van der Waals surface area contributed by atoms with E-state index >= 15 is 0 Å². The predicted molar refractivity (Wildman–Crippen MR) is 158 cm³/mol. The Morgan fingerprint density at radius 1 is 0.800 bits per heavy atom. The Labute approximate surface area is 245 Å². The van der Waals surface area contributed by atoms with Crippen LogP contribution >= 0.6 is 23.2 Å². The van der Waals surface area contributed by atoms with Crippen LogP contribution in [0.1, 0.15) is 55.6 Å². The molecule has 3 aromatic rings. The molecule has 0 unspecified atom stereocenters. The first-order chi connectivity index (χ1) is 19.1. The predicted octanol–water partition coefficient (Wildman–Crippen LogP) is 6.26. The van der Waals surface area contributed by atoms with Gasteiger partial charge in [0.2, 0.25) is 0 Å². The van der Waals surface area contributed by atoms with Crippen molar-refractivity contribution in [3.05, 3.63) is 76.0 Å². The van der Waals surface area contributed by atoms with Crippen molar-refractivity contribution >= 4 is 40.9 Å². The number of anilines is 1. The van der Waals surface area contributed by atoms with Gasteiger partial charge in [-0.3, -0.25) is 4.79 Å². The molecule has 10 heteroatoms. The second kappa shape index (κ2) is 11.7. The van der Waals surface area contributed by atoms with Gasteiger partial charge in [0.25, 0.3) is 5.91 Å². The normalized spacial score (nSPS) is 16.8. The van der Waals surface area contributed by atoms with Gasteiger partial charge in [0.05, 0.1) is 23.1 Å². The fraction of sp³-hybridized carbons (Fsp3) is 0.433. The summed E-state index contributed by atoms with van der Waals surface area (Å²) in [6.07, 6.45) is 2.82. The van der Waals surface area contributed by atoms with Crippen molar-refractivity contribution in [2.45, 2.75) is 45.1 Å². The van der Waals surface area contributed by atoms with E-state index in [0.29, 0.717) is 54.6 Å². The minimum Gasteiger partial charge on any atom is -0.444 e. The molecule has 0 saturated carbocycles. The molecule has 212 valence electrons. The van der Waals surface area contributed by atoms with Gasteiger partial charge in [0.1, 0.15) is 5.60 Å². The van der Waals surface area contributed by atoms with E-state index in [9.17, 15) is 9.59 Å². The van der Waals surface area contributed by atoms with E-state index < -0.39 is 5.60 Å². The van der Waals surface area contributed by atoms with Crippen molar-refractivity contribution in [3.63, 3.8) is 0 Å². The maximum atomic E-state index is 13.9. The lowest BCUT2D eigenvalue weighted by molar-refractivity contribution is 0.0203. The quantitative estimate of drug-likeness (QED) is 0.362. The Bertz CT molecular complexity index is 1340. The van der Waals surface area contributed by atoms with Crippen LogP contribution in [0.15, 0.2) is 54.7 Å². The van der Waals surface area contributed by atoms with Crippen LogP contribution in [0.2, 0.25) is 10.0 Å². The molecule has 0 radical (unpaired) electrons. The van der Waals surface area contributed by atoms with Gasteiger partial charge in [-0.2, -0.15) is 5.10 Å². The number of carbonyl (C=O) groups is 2. The van der Waals surface area contributed by atoms with Crippen molar-refractivity contribution in [2.75, 3.05) is 44.2 Å². The first kappa shape index (κ1) is 28.3. The van der Waals surface area contributed by atoms with E-state index in [2.05, 4.69) is 10.00 Å². The number of ether oxygens (including phenoxy) is 1. The van der Waals surface area contributed by atoms with Gasteiger partial charge >= 0.3 is 6.09 Å². The second-order valence-electron chi connectivity index (χ2n) is 11.3. The third kappa shape index (κ3) is 6.39. The zero-order valence-corrected chi connectivity index (χ0v) is 24.7. The second-order valence-corrected chi connectivity index (χ2v) is 12.2. The summed E-state index contributed by atoms with van der Waals surface area (Å²) in [7, 11) is 0. The number of piperidine rings is 1. The highest BCUT2D eigenvalue weighted by atomic mass is 35.5. The molecule has 0 spiro atoms. The number of halogens is 2. The minimum atomic E-state index is -0.543. The lowest BCUT2D eigenvalue weighted by Gasteiger charge is -2.37. The number of amides is 2. The molecule has 40 heavy (non-hydrogen) atoms. The summed E-state index contributed by atoms with van der Waals surface area (Å²) in [5.41, 5.74) is 2.91. The largest absolute Gasteiger partial charge is 0.444 e. The standard InChI is InChI=1S/C30H35Cl2N5O3/c1-30(2,3)40-29(39)36-14-12-21(13-15-36)27-26(20-33-37(27)25-10-6-23(32)7-11-25)28(38)35-18-16-34(17-19-35)24-8-4-22(31)5-9-24/h4-11,20-21H,12-19H2,1-3H3. The molecule has 2 saturated heterocycles. The zero-order chi connectivity index (χ0) is 28.4. The minimum absolute atomic E-state index is 0.0134. The number of aromatic nitrogens is 2. The number of rotatable bonds is 4. The Morgan fingerprint density at radius 2 is 1.35 bits per heavy atom. The van der Waals surface area contributed by atoms with Crippen molar-refractivity contribution in [1.82, 2.24) is 19.6 Å². The molecule has 2 aromatic carbocycles. The van der Waals surface area contributed by atoms with E-state index in [1.54, 1.807) is 11.1 Å². The van der Waals surface area contributed by atoms with E-state index in [1.165, 1.54) is 0 Å². The van der Waals surface area contributed by atoms with Crippen LogP contribution in [0.3, 0.4) is 0 Å². The monoisotopic (exact) mass is 583 g/mol. The van der Waals surface area contributed by atoms with Crippen LogP contribution < -0.4 is 4.90 Å². The summed E-state index contributed by atoms with van der Waals surface area (Å²) in [5.74, 6) is 0.0479. The van der Waals surface area contributed by atoms with Crippen molar-refractivity contribution < 1.29 is 14.3 Å². The highest BCUT2D eigenvalue weighted by Gasteiger charge is 2.34. The first-order valence-corrected chi connectivity index (χ1v) is 14.5. The lowest BCUT2D eigenvalue weighted by Crippen LogP contribution is -2.49. The molecular weight excluding hydrogens is 549 g/mol. The Hall–Kier alpha value is -3.23. The lowest BCUT2D eigenvalue weighted by atomic mass is 9.90. The third-order valence-electron chi connectivity index (χ3n) is 7.40. The molecule has 0 bridgehead atoms. The molecule has 5 rings (SSSR count). The molecule has 2 aliphatic rings. The molecule has 0 aliphatic carbocycles. The fourth-order valence-corrected chi connectivity index (χ4v) is 5.61. The van der Waals surface area contributed by atoms with Crippen molar-refractivity contribution in [3.8, 4) is 5.69 Å². The van der Waals surface area contributed by atoms with Crippen molar-refractivity contribution in [2.24, 2.45) is 0 Å². The summed E-state index contributed by atoms with van der Waals surface area (Å²) in [5, 5.41) is 6.02. The average Bonchev–Trinajstić information content (AvgIpc) is 3.38. The number of benzene rings is 2. The number of hydrogen-bond donors (Lipinski definition) is 0. The van der Waals surface area contributed by atoms with Gasteiger partial charge in [-0.05, 0) is 82.1 Å². The molecule has 2 fully saturated rings. The van der Waals surface area contributed by atoms with Crippen LogP contribution in [-0.2, 0) is 4.74 Å². The van der Waals surface area contributed by atoms with Crippen LogP contribution in [0.5, 0.6) is 0 Å². The summed E-state index contributed by atoms with van der Waals surface area (Å²) < 4.78 is 7.44. The maximum absolute atomic E-state index is 13.9. The van der Waals surface area contributed by atoms with Crippen LogP contribution in [0.25, 0.3) is 5.69 Å². The summed E-state index contributed by atoms with van der Waals surface area (Å²) in [6, 6.07) is 15.3. The Morgan fingerprint density at radius 3 is 1.90 bits per heavy atom. The van der Waals surface area contributed by atoms with Gasteiger partial charge in [-0.15, -0.1) is 0 Å². The van der Waals surface area contributed by atoms with Crippen LogP contribution in [-0.4, -0.2) is 76.5 Å². The molecular formula is C30H35Cl2N5O3. The van der Waals surface area contributed by atoms with Gasteiger partial charge < -0.3 is 19.4 Å². The first-order valence-electron chi connectivity index (χ1n) is 13.7. The zero-order valence-electron chi connectivity index (χ0n) is 23.1. The van der Waals surface area contributed by atoms with E-state index in [0.717, 1.165) is 30.2 Å². The third-order valence-corrected chi connectivity index (χ3v) is 7.90. The highest BCUT2D eigenvalue weighted by Crippen LogP contribution is 2.34. The summed E-state index contributed by atoms with van der Waals surface area (Å²) in [4.78, 5) is 32.5. The SMILES string of the molecule is CC(C)(C)OC(=O)N1CCC(c2c(C(=O)N3CCN(c4ccc(Cl)cc4)CC3)cnn2-c2ccc(Cl)cc2)CC1. The van der Waals surface area contributed by atoms with Gasteiger partial charge in [-0.1, -0.05) is 23.2 Å². The van der Waals surface area contributed by atoms with E-state index in [4.69, 9.17) is 27.9 Å². The number of nitrogens with zero attached hydrogens (tertiary/aromatic N) is 5.